The van der Waals surface area contributed by atoms with Crippen molar-refractivity contribution in [1.29, 1.82) is 0 Å². The summed E-state index contributed by atoms with van der Waals surface area (Å²) < 4.78 is 41.1. The number of ether oxygens (including phenoxy) is 1. The molecule has 2 aromatic rings. The third-order valence-electron chi connectivity index (χ3n) is 3.44. The normalized spacial score (nSPS) is 11.1. The van der Waals surface area contributed by atoms with E-state index in [-0.39, 0.29) is 12.1 Å². The molecule has 1 aromatic carbocycles. The fraction of sp³-hybridized carbons (Fsp3) is 0.0714. The lowest BCUT2D eigenvalue weighted by atomic mass is 9.94. The van der Waals surface area contributed by atoms with E-state index in [1.165, 1.54) is 0 Å². The van der Waals surface area contributed by atoms with Gasteiger partial charge in [0.25, 0.3) is 5.56 Å². The number of carbonyl (C=O) groups is 2. The molecule has 0 saturated carbocycles. The van der Waals surface area contributed by atoms with Crippen LogP contribution in [-0.4, -0.2) is 43.5 Å². The number of halogens is 3. The van der Waals surface area contributed by atoms with E-state index in [4.69, 9.17) is 5.73 Å². The summed E-state index contributed by atoms with van der Waals surface area (Å²) in [6.07, 6.45) is -5.35. The van der Waals surface area contributed by atoms with Crippen LogP contribution in [0.4, 0.5) is 24.7 Å². The van der Waals surface area contributed by atoms with Gasteiger partial charge in [0.05, 0.1) is 11.0 Å². The zero-order valence-electron chi connectivity index (χ0n) is 13.6. The molecular formula is C14H8F3N3O9. The van der Waals surface area contributed by atoms with Crippen molar-refractivity contribution < 1.29 is 47.7 Å². The number of anilines is 1. The van der Waals surface area contributed by atoms with Crippen molar-refractivity contribution in [1.82, 2.24) is 4.98 Å². The average molecular weight is 419 g/mol. The quantitative estimate of drug-likeness (QED) is 0.349. The first-order valence-corrected chi connectivity index (χ1v) is 7.04. The minimum atomic E-state index is -5.35. The molecule has 154 valence electrons. The van der Waals surface area contributed by atoms with Gasteiger partial charge in [-0.3, -0.25) is 14.9 Å². The Morgan fingerprint density at radius 3 is 2.17 bits per heavy atom. The summed E-state index contributed by atoms with van der Waals surface area (Å²) in [4.78, 5) is 46.4. The predicted octanol–water partition coefficient (Wildman–Crippen LogP) is 1.53. The van der Waals surface area contributed by atoms with Crippen LogP contribution in [0.15, 0.2) is 16.9 Å². The first kappa shape index (κ1) is 21.0. The number of hydrogen-bond donors (Lipinski definition) is 5. The van der Waals surface area contributed by atoms with Gasteiger partial charge in [-0.1, -0.05) is 0 Å². The van der Waals surface area contributed by atoms with Gasteiger partial charge in [0.1, 0.15) is 22.7 Å². The van der Waals surface area contributed by atoms with Gasteiger partial charge in [-0.05, 0) is 6.07 Å². The number of aromatic amines is 1. The van der Waals surface area contributed by atoms with Crippen molar-refractivity contribution in [2.45, 2.75) is 6.36 Å². The Bertz CT molecular complexity index is 1110. The van der Waals surface area contributed by atoms with Gasteiger partial charge < -0.3 is 30.8 Å². The molecule has 0 aliphatic rings. The topological polar surface area (TPSA) is 206 Å². The van der Waals surface area contributed by atoms with Gasteiger partial charge in [-0.2, -0.15) is 0 Å². The second kappa shape index (κ2) is 7.02. The van der Waals surface area contributed by atoms with Gasteiger partial charge in [0.15, 0.2) is 0 Å². The second-order valence-electron chi connectivity index (χ2n) is 5.25. The second-order valence-corrected chi connectivity index (χ2v) is 5.25. The fourth-order valence-corrected chi connectivity index (χ4v) is 2.43. The Hall–Kier alpha value is -4.30. The van der Waals surface area contributed by atoms with Crippen LogP contribution in [0.5, 0.6) is 11.5 Å². The largest absolute Gasteiger partial charge is 0.573 e. The predicted molar refractivity (Wildman–Crippen MR) is 85.8 cm³/mol. The number of carboxylic acids is 2. The molecule has 0 saturated heterocycles. The number of carboxylic acid groups (broad SMARTS) is 2. The number of alkyl halides is 3. The summed E-state index contributed by atoms with van der Waals surface area (Å²) in [6, 6.07) is 0.451. The smallest absolute Gasteiger partial charge is 0.502 e. The van der Waals surface area contributed by atoms with E-state index in [1.54, 1.807) is 4.98 Å². The Morgan fingerprint density at radius 2 is 1.72 bits per heavy atom. The molecule has 29 heavy (non-hydrogen) atoms. The maximum atomic E-state index is 12.5. The Balaban J connectivity index is 3.08. The molecule has 12 nitrogen and oxygen atoms in total. The standard InChI is InChI=1S/C14H8F3N3O9/c15-14(16,17)29-3-1-4(9(21)5(2-3)20(27)28)6-7(12(23)24)10(18)19-11(22)8(6)13(25)26/h1-2,21H,(H,23,24)(H,25,26)(H3,18,19,22). The number of nitrogens with zero attached hydrogens (tertiary/aromatic N) is 1. The molecule has 0 aliphatic heterocycles. The van der Waals surface area contributed by atoms with E-state index in [1.807, 2.05) is 0 Å². The molecule has 0 bridgehead atoms. The summed E-state index contributed by atoms with van der Waals surface area (Å²) in [5, 5.41) is 39.7. The molecule has 2 rings (SSSR count). The van der Waals surface area contributed by atoms with E-state index in [9.17, 15) is 53.0 Å². The molecular weight excluding hydrogens is 411 g/mol. The number of benzene rings is 1. The van der Waals surface area contributed by atoms with Gasteiger partial charge in [-0.25, -0.2) is 9.59 Å². The highest BCUT2D eigenvalue weighted by atomic mass is 19.4. The number of aromatic carboxylic acids is 2. The maximum absolute atomic E-state index is 12.5. The molecule has 0 unspecified atom stereocenters. The highest BCUT2D eigenvalue weighted by Gasteiger charge is 2.35. The average Bonchev–Trinajstić information content (AvgIpc) is 2.52. The zero-order chi connectivity index (χ0) is 22.3. The molecule has 15 heteroatoms. The number of H-pyrrole nitrogens is 1. The molecule has 0 aliphatic carbocycles. The number of phenols is 1. The third-order valence-corrected chi connectivity index (χ3v) is 3.44. The summed E-state index contributed by atoms with van der Waals surface area (Å²) in [5.74, 6) is -7.61. The van der Waals surface area contributed by atoms with Crippen LogP contribution in [0.25, 0.3) is 11.1 Å². The number of rotatable bonds is 5. The highest BCUT2D eigenvalue weighted by Crippen LogP contribution is 2.44. The van der Waals surface area contributed by atoms with Crippen LogP contribution in [0.3, 0.4) is 0 Å². The number of nitrogens with two attached hydrogens (primary N) is 1. The zero-order valence-corrected chi connectivity index (χ0v) is 13.6. The molecule has 0 atom stereocenters. The maximum Gasteiger partial charge on any atom is 0.573 e. The van der Waals surface area contributed by atoms with E-state index in [0.29, 0.717) is 0 Å². The van der Waals surface area contributed by atoms with Crippen molar-refractivity contribution >= 4 is 23.4 Å². The van der Waals surface area contributed by atoms with E-state index in [2.05, 4.69) is 4.74 Å². The van der Waals surface area contributed by atoms with Crippen molar-refractivity contribution in [2.75, 3.05) is 5.73 Å². The molecule has 1 heterocycles. The van der Waals surface area contributed by atoms with Crippen LogP contribution >= 0.6 is 0 Å². The number of hydrogen-bond acceptors (Lipinski definition) is 8. The summed E-state index contributed by atoms with van der Waals surface area (Å²) in [6.45, 7) is 0. The third kappa shape index (κ3) is 4.02. The Morgan fingerprint density at radius 1 is 1.17 bits per heavy atom. The van der Waals surface area contributed by atoms with Crippen LogP contribution in [0.1, 0.15) is 20.7 Å². The van der Waals surface area contributed by atoms with Crippen LogP contribution in [0, 0.1) is 10.1 Å². The summed E-state index contributed by atoms with van der Waals surface area (Å²) in [7, 11) is 0. The molecule has 1 aromatic heterocycles. The van der Waals surface area contributed by atoms with Gasteiger partial charge in [0.2, 0.25) is 5.75 Å². The molecule has 0 fully saturated rings. The molecule has 0 spiro atoms. The van der Waals surface area contributed by atoms with Gasteiger partial charge >= 0.3 is 24.0 Å². The lowest BCUT2D eigenvalue weighted by Crippen LogP contribution is -2.24. The van der Waals surface area contributed by atoms with Gasteiger partial charge in [0, 0.05) is 11.1 Å². The summed E-state index contributed by atoms with van der Waals surface area (Å²) in [5.41, 5.74) is -2.22. The minimum Gasteiger partial charge on any atom is -0.502 e. The van der Waals surface area contributed by atoms with Crippen molar-refractivity contribution in [3.8, 4) is 22.6 Å². The fourth-order valence-electron chi connectivity index (χ4n) is 2.43. The number of nitrogen functional groups attached to an aromatic ring is 1. The monoisotopic (exact) mass is 419 g/mol. The van der Waals surface area contributed by atoms with Crippen molar-refractivity contribution in [3.63, 3.8) is 0 Å². The van der Waals surface area contributed by atoms with E-state index >= 15 is 0 Å². The number of pyridine rings is 1. The van der Waals surface area contributed by atoms with Crippen molar-refractivity contribution in [3.05, 3.63) is 43.7 Å². The lowest BCUT2D eigenvalue weighted by Gasteiger charge is -2.15. The number of aromatic hydroxyl groups is 1. The number of aromatic nitrogens is 1. The van der Waals surface area contributed by atoms with Crippen LogP contribution in [-0.2, 0) is 0 Å². The molecule has 0 radical (unpaired) electrons. The number of phenolic OH excluding ortho intramolecular Hbond substituents is 1. The van der Waals surface area contributed by atoms with Gasteiger partial charge in [-0.15, -0.1) is 13.2 Å². The van der Waals surface area contributed by atoms with Crippen LogP contribution in [0.2, 0.25) is 0 Å². The first-order valence-electron chi connectivity index (χ1n) is 7.04. The Kier molecular flexibility index (Phi) is 5.09. The molecule has 0 amide bonds. The number of nitro benzene ring substituents is 1. The SMILES string of the molecule is Nc1[nH]c(=O)c(C(=O)O)c(-c2cc(OC(F)(F)F)cc([N+](=O)[O-])c2O)c1C(=O)O. The number of nitrogens with one attached hydrogen (secondary N) is 1. The minimum absolute atomic E-state index is 0.170. The number of nitro groups is 1. The lowest BCUT2D eigenvalue weighted by molar-refractivity contribution is -0.386. The first-order chi connectivity index (χ1) is 13.2. The molecule has 6 N–H and O–H groups in total. The van der Waals surface area contributed by atoms with Crippen molar-refractivity contribution in [2.24, 2.45) is 0 Å². The van der Waals surface area contributed by atoms with Crippen LogP contribution < -0.4 is 16.0 Å². The van der Waals surface area contributed by atoms with E-state index < -0.39 is 74.0 Å². The highest BCUT2D eigenvalue weighted by molar-refractivity contribution is 6.08. The van der Waals surface area contributed by atoms with E-state index in [0.717, 1.165) is 0 Å². The Labute approximate surface area is 155 Å². The summed E-state index contributed by atoms with van der Waals surface area (Å²) >= 11 is 0.